The Morgan fingerprint density at radius 3 is 2.58 bits per heavy atom. The van der Waals surface area contributed by atoms with Gasteiger partial charge in [0.15, 0.2) is 0 Å². The van der Waals surface area contributed by atoms with Crippen LogP contribution in [-0.2, 0) is 11.3 Å². The number of fused-ring (bicyclic) bond motifs is 1. The number of nitrogens with zero attached hydrogens (tertiary/aromatic N) is 2. The summed E-state index contributed by atoms with van der Waals surface area (Å²) < 4.78 is 27.5. The summed E-state index contributed by atoms with van der Waals surface area (Å²) in [6, 6.07) is 9.76. The maximum Gasteiger partial charge on any atom is 0.275 e. The van der Waals surface area contributed by atoms with Crippen LogP contribution in [0.1, 0.15) is 5.69 Å². The highest BCUT2D eigenvalue weighted by atomic mass is 19.1. The van der Waals surface area contributed by atoms with Crippen LogP contribution in [0.25, 0.3) is 10.8 Å². The van der Waals surface area contributed by atoms with Crippen LogP contribution in [0.5, 0.6) is 0 Å². The Balaban J connectivity index is 1.88. The van der Waals surface area contributed by atoms with Gasteiger partial charge in [-0.1, -0.05) is 18.2 Å². The minimum atomic E-state index is -0.890. The number of halogens is 2. The van der Waals surface area contributed by atoms with E-state index in [2.05, 4.69) is 10.4 Å². The number of anilines is 1. The number of aromatic nitrogens is 2. The molecular weight excluding hydrogens is 316 g/mol. The third-order valence-electron chi connectivity index (χ3n) is 3.55. The molecule has 3 aromatic rings. The number of carbonyl (C=O) groups is 1. The number of nitrogens with one attached hydrogen (secondary N) is 1. The SMILES string of the molecule is Cc1nn(CC(=O)Nc2ccc(F)cc2F)c(=O)c2ccccc12. The molecule has 2 aromatic carbocycles. The van der Waals surface area contributed by atoms with Gasteiger partial charge >= 0.3 is 0 Å². The van der Waals surface area contributed by atoms with Gasteiger partial charge in [0, 0.05) is 11.5 Å². The van der Waals surface area contributed by atoms with Gasteiger partial charge < -0.3 is 5.32 Å². The lowest BCUT2D eigenvalue weighted by molar-refractivity contribution is -0.117. The molecule has 1 heterocycles. The Hall–Kier alpha value is -3.09. The van der Waals surface area contributed by atoms with Crippen molar-refractivity contribution in [3.8, 4) is 0 Å². The van der Waals surface area contributed by atoms with Crippen LogP contribution in [0.4, 0.5) is 14.5 Å². The standard InChI is InChI=1S/C17H13F2N3O2/c1-10-12-4-2-3-5-13(12)17(24)22(21-10)9-16(23)20-15-7-6-11(18)8-14(15)19/h2-8H,9H2,1H3,(H,20,23). The lowest BCUT2D eigenvalue weighted by Gasteiger charge is -2.10. The van der Waals surface area contributed by atoms with Crippen molar-refractivity contribution in [1.29, 1.82) is 0 Å². The molecule has 1 amide bonds. The Kier molecular flexibility index (Phi) is 4.07. The van der Waals surface area contributed by atoms with Crippen LogP contribution >= 0.6 is 0 Å². The fourth-order valence-corrected chi connectivity index (χ4v) is 2.43. The fraction of sp³-hybridized carbons (Fsp3) is 0.118. The lowest BCUT2D eigenvalue weighted by Crippen LogP contribution is -2.30. The van der Waals surface area contributed by atoms with Gasteiger partial charge in [-0.25, -0.2) is 13.5 Å². The Morgan fingerprint density at radius 1 is 1.17 bits per heavy atom. The van der Waals surface area contributed by atoms with E-state index in [4.69, 9.17) is 0 Å². The molecule has 3 rings (SSSR count). The van der Waals surface area contributed by atoms with Crippen molar-refractivity contribution in [3.63, 3.8) is 0 Å². The molecule has 0 bridgehead atoms. The van der Waals surface area contributed by atoms with E-state index in [-0.39, 0.29) is 12.2 Å². The van der Waals surface area contributed by atoms with Crippen LogP contribution in [0.2, 0.25) is 0 Å². The monoisotopic (exact) mass is 329 g/mol. The number of hydrogen-bond acceptors (Lipinski definition) is 3. The number of amides is 1. The third-order valence-corrected chi connectivity index (χ3v) is 3.55. The number of rotatable bonds is 3. The zero-order valence-corrected chi connectivity index (χ0v) is 12.7. The first-order valence-electron chi connectivity index (χ1n) is 7.17. The maximum absolute atomic E-state index is 13.6. The molecule has 0 aliphatic rings. The van der Waals surface area contributed by atoms with E-state index in [1.54, 1.807) is 31.2 Å². The summed E-state index contributed by atoms with van der Waals surface area (Å²) in [4.78, 5) is 24.4. The van der Waals surface area contributed by atoms with Gasteiger partial charge in [0.05, 0.1) is 16.8 Å². The van der Waals surface area contributed by atoms with E-state index in [0.29, 0.717) is 22.5 Å². The Bertz CT molecular complexity index is 999. The van der Waals surface area contributed by atoms with Crippen molar-refractivity contribution in [1.82, 2.24) is 9.78 Å². The Labute approximate surface area is 135 Å². The van der Waals surface area contributed by atoms with Crippen LogP contribution in [0.3, 0.4) is 0 Å². The van der Waals surface area contributed by atoms with Crippen LogP contribution < -0.4 is 10.9 Å². The highest BCUT2D eigenvalue weighted by Crippen LogP contribution is 2.15. The van der Waals surface area contributed by atoms with Gasteiger partial charge in [-0.2, -0.15) is 5.10 Å². The summed E-state index contributed by atoms with van der Waals surface area (Å²) in [5, 5.41) is 7.57. The second kappa shape index (κ2) is 6.19. The Morgan fingerprint density at radius 2 is 1.88 bits per heavy atom. The number of aryl methyl sites for hydroxylation is 1. The molecule has 0 fully saturated rings. The van der Waals surface area contributed by atoms with Gasteiger partial charge in [-0.05, 0) is 25.1 Å². The summed E-state index contributed by atoms with van der Waals surface area (Å²) in [7, 11) is 0. The minimum absolute atomic E-state index is 0.160. The van der Waals surface area contributed by atoms with Crippen LogP contribution in [0, 0.1) is 18.6 Å². The molecule has 0 radical (unpaired) electrons. The highest BCUT2D eigenvalue weighted by molar-refractivity contribution is 5.91. The molecular formula is C17H13F2N3O2. The van der Waals surface area contributed by atoms with E-state index in [1.807, 2.05) is 0 Å². The molecule has 1 aromatic heterocycles. The maximum atomic E-state index is 13.6. The first kappa shape index (κ1) is 15.8. The predicted octanol–water partition coefficient (Wildman–Crippen LogP) is 2.62. The second-order valence-electron chi connectivity index (χ2n) is 5.27. The average molecular weight is 329 g/mol. The number of benzene rings is 2. The molecule has 0 aliphatic carbocycles. The average Bonchev–Trinajstić information content (AvgIpc) is 2.55. The molecule has 0 saturated carbocycles. The highest BCUT2D eigenvalue weighted by Gasteiger charge is 2.12. The molecule has 1 N–H and O–H groups in total. The van der Waals surface area contributed by atoms with E-state index < -0.39 is 23.1 Å². The zero-order chi connectivity index (χ0) is 17.3. The van der Waals surface area contributed by atoms with Crippen molar-refractivity contribution in [2.75, 3.05) is 5.32 Å². The number of carbonyl (C=O) groups excluding carboxylic acids is 1. The second-order valence-corrected chi connectivity index (χ2v) is 5.27. The molecule has 0 atom stereocenters. The summed E-state index contributed by atoms with van der Waals surface area (Å²) in [6.07, 6.45) is 0. The normalized spacial score (nSPS) is 10.8. The fourth-order valence-electron chi connectivity index (χ4n) is 2.43. The largest absolute Gasteiger partial charge is 0.322 e. The molecule has 122 valence electrons. The van der Waals surface area contributed by atoms with Crippen molar-refractivity contribution in [2.45, 2.75) is 13.5 Å². The van der Waals surface area contributed by atoms with Gasteiger partial charge in [0.2, 0.25) is 5.91 Å². The van der Waals surface area contributed by atoms with Crippen molar-refractivity contribution in [2.24, 2.45) is 0 Å². The predicted molar refractivity (Wildman–Crippen MR) is 85.7 cm³/mol. The molecule has 24 heavy (non-hydrogen) atoms. The molecule has 0 spiro atoms. The number of hydrogen-bond donors (Lipinski definition) is 1. The molecule has 0 aliphatic heterocycles. The van der Waals surface area contributed by atoms with Gasteiger partial charge in [0.1, 0.15) is 18.2 Å². The summed E-state index contributed by atoms with van der Waals surface area (Å²) in [6.45, 7) is 1.36. The smallest absolute Gasteiger partial charge is 0.275 e. The zero-order valence-electron chi connectivity index (χ0n) is 12.7. The van der Waals surface area contributed by atoms with Crippen molar-refractivity contribution in [3.05, 3.63) is 70.1 Å². The first-order chi connectivity index (χ1) is 11.5. The van der Waals surface area contributed by atoms with E-state index in [0.717, 1.165) is 16.8 Å². The topological polar surface area (TPSA) is 64.0 Å². The van der Waals surface area contributed by atoms with Crippen molar-refractivity contribution >= 4 is 22.4 Å². The van der Waals surface area contributed by atoms with E-state index in [1.165, 1.54) is 0 Å². The van der Waals surface area contributed by atoms with Crippen LogP contribution in [0.15, 0.2) is 47.3 Å². The van der Waals surface area contributed by atoms with Crippen molar-refractivity contribution < 1.29 is 13.6 Å². The minimum Gasteiger partial charge on any atom is -0.322 e. The van der Waals surface area contributed by atoms with Gasteiger partial charge in [-0.3, -0.25) is 9.59 Å². The van der Waals surface area contributed by atoms with Gasteiger partial charge in [-0.15, -0.1) is 0 Å². The van der Waals surface area contributed by atoms with E-state index >= 15 is 0 Å². The molecule has 7 heteroatoms. The summed E-state index contributed by atoms with van der Waals surface area (Å²) in [5.41, 5.74) is 0.0313. The summed E-state index contributed by atoms with van der Waals surface area (Å²) in [5.74, 6) is -2.27. The van der Waals surface area contributed by atoms with E-state index in [9.17, 15) is 18.4 Å². The quantitative estimate of drug-likeness (QED) is 0.803. The van der Waals surface area contributed by atoms with Crippen LogP contribution in [-0.4, -0.2) is 15.7 Å². The molecule has 0 saturated heterocycles. The summed E-state index contributed by atoms with van der Waals surface area (Å²) >= 11 is 0. The first-order valence-corrected chi connectivity index (χ1v) is 7.17. The molecule has 5 nitrogen and oxygen atoms in total. The third kappa shape index (κ3) is 3.01. The van der Waals surface area contributed by atoms with Gasteiger partial charge in [0.25, 0.3) is 5.56 Å². The lowest BCUT2D eigenvalue weighted by atomic mass is 10.1. The molecule has 0 unspecified atom stereocenters.